The molecular formula is C41H53N5O9S. The van der Waals surface area contributed by atoms with E-state index in [1.807, 2.05) is 45.0 Å². The number of pyridine rings is 1. The monoisotopic (exact) mass is 791 g/mol. The lowest BCUT2D eigenvalue weighted by molar-refractivity contribution is -0.143. The number of para-hydroxylation sites is 1. The Morgan fingerprint density at radius 3 is 2.55 bits per heavy atom. The molecule has 3 N–H and O–H groups in total. The minimum atomic E-state index is -3.91. The van der Waals surface area contributed by atoms with Gasteiger partial charge in [-0.1, -0.05) is 51.1 Å². The van der Waals surface area contributed by atoms with Gasteiger partial charge < -0.3 is 29.7 Å². The zero-order chi connectivity index (χ0) is 40.0. The molecule has 302 valence electrons. The number of methoxy groups -OCH3 is 1. The van der Waals surface area contributed by atoms with Crippen LogP contribution in [0.25, 0.3) is 10.9 Å². The molecule has 56 heavy (non-hydrogen) atoms. The molecule has 0 spiro atoms. The number of allylic oxidation sites excluding steroid dienone is 2. The van der Waals surface area contributed by atoms with Crippen LogP contribution in [0.2, 0.25) is 0 Å². The van der Waals surface area contributed by atoms with Crippen LogP contribution in [0.15, 0.2) is 49.1 Å². The van der Waals surface area contributed by atoms with E-state index in [-0.39, 0.29) is 31.4 Å². The van der Waals surface area contributed by atoms with Crippen molar-refractivity contribution in [2.24, 2.45) is 17.3 Å². The molecular weight excluding hydrogens is 739 g/mol. The maximum Gasteiger partial charge on any atom is 0.408 e. The minimum Gasteiger partial charge on any atom is -0.496 e. The molecule has 1 aromatic heterocycles. The van der Waals surface area contributed by atoms with E-state index in [9.17, 15) is 27.6 Å². The highest BCUT2D eigenvalue weighted by molar-refractivity contribution is 7.91. The fourth-order valence-corrected chi connectivity index (χ4v) is 9.85. The molecule has 1 saturated heterocycles. The summed E-state index contributed by atoms with van der Waals surface area (Å²) in [5.41, 5.74) is -0.998. The van der Waals surface area contributed by atoms with Crippen molar-refractivity contribution in [2.45, 2.75) is 120 Å². The van der Waals surface area contributed by atoms with Gasteiger partial charge in [0, 0.05) is 17.7 Å². The third-order valence-corrected chi connectivity index (χ3v) is 13.7. The molecule has 2 aromatic rings. The SMILES string of the molecule is C=C[C@@H]1C[C@]1(NC(=O)[C@@H]1C[C@@H]2CN1C(=O)[C@H](C(C)(C)C)NC(=O)O[C@@H]1CCC[C@H]1CCC=CCc1c(nc3ccccc3c1OC)O2)C(=O)NS(=O)(=O)C1CC1. The normalized spacial score (nSPS) is 29.8. The topological polar surface area (TPSA) is 182 Å². The molecule has 7 atom stereocenters. The van der Waals surface area contributed by atoms with E-state index in [1.54, 1.807) is 7.11 Å². The molecule has 0 unspecified atom stereocenters. The third-order valence-electron chi connectivity index (χ3n) is 11.9. The number of benzene rings is 1. The maximum absolute atomic E-state index is 14.8. The summed E-state index contributed by atoms with van der Waals surface area (Å²) in [5, 5.41) is 5.84. The van der Waals surface area contributed by atoms with E-state index in [0.29, 0.717) is 36.4 Å². The van der Waals surface area contributed by atoms with Crippen LogP contribution in [0, 0.1) is 17.3 Å². The lowest BCUT2D eigenvalue weighted by atomic mass is 9.85. The van der Waals surface area contributed by atoms with Crippen molar-refractivity contribution in [2.75, 3.05) is 13.7 Å². The summed E-state index contributed by atoms with van der Waals surface area (Å²) in [6.07, 6.45) is 9.67. The van der Waals surface area contributed by atoms with E-state index in [2.05, 4.69) is 34.1 Å². The number of aromatic nitrogens is 1. The summed E-state index contributed by atoms with van der Waals surface area (Å²) in [6.45, 7) is 9.22. The Labute approximate surface area is 328 Å². The summed E-state index contributed by atoms with van der Waals surface area (Å²) in [5.74, 6) is -1.45. The van der Waals surface area contributed by atoms with Gasteiger partial charge in [-0.25, -0.2) is 18.2 Å². The van der Waals surface area contributed by atoms with Crippen LogP contribution in [0.3, 0.4) is 0 Å². The smallest absolute Gasteiger partial charge is 0.408 e. The summed E-state index contributed by atoms with van der Waals surface area (Å²) in [4.78, 5) is 62.6. The molecule has 2 bridgehead atoms. The van der Waals surface area contributed by atoms with Crippen LogP contribution in [0.5, 0.6) is 11.6 Å². The number of hydrogen-bond donors (Lipinski definition) is 3. The molecule has 2 aliphatic heterocycles. The zero-order valence-electron chi connectivity index (χ0n) is 32.5. The number of carbonyl (C=O) groups excluding carboxylic acids is 4. The Balaban J connectivity index is 1.25. The lowest BCUT2D eigenvalue weighted by Gasteiger charge is -2.35. The van der Waals surface area contributed by atoms with Crippen molar-refractivity contribution in [1.82, 2.24) is 25.2 Å². The van der Waals surface area contributed by atoms with Gasteiger partial charge in [0.05, 0.1) is 30.0 Å². The average molecular weight is 792 g/mol. The number of alkyl carbamates (subject to hydrolysis) is 1. The molecule has 4 fully saturated rings. The number of fused-ring (bicyclic) bond motifs is 5. The number of carbonyl (C=O) groups is 4. The fourth-order valence-electron chi connectivity index (χ4n) is 8.48. The number of sulfonamides is 1. The van der Waals surface area contributed by atoms with Crippen molar-refractivity contribution in [3.8, 4) is 11.6 Å². The van der Waals surface area contributed by atoms with E-state index >= 15 is 0 Å². The van der Waals surface area contributed by atoms with Gasteiger partial charge in [-0.15, -0.1) is 6.58 Å². The van der Waals surface area contributed by atoms with Gasteiger partial charge in [0.2, 0.25) is 27.7 Å². The van der Waals surface area contributed by atoms with E-state index < -0.39 is 74.1 Å². The van der Waals surface area contributed by atoms with Crippen LogP contribution in [-0.2, 0) is 35.6 Å². The van der Waals surface area contributed by atoms with Gasteiger partial charge in [-0.05, 0) is 81.3 Å². The first-order valence-electron chi connectivity index (χ1n) is 19.7. The van der Waals surface area contributed by atoms with Gasteiger partial charge in [0.15, 0.2) is 0 Å². The van der Waals surface area contributed by atoms with Crippen LogP contribution >= 0.6 is 0 Å². The molecule has 3 aliphatic carbocycles. The Hall–Kier alpha value is -4.66. The summed E-state index contributed by atoms with van der Waals surface area (Å²) < 4.78 is 46.3. The second-order valence-electron chi connectivity index (χ2n) is 16.9. The van der Waals surface area contributed by atoms with Gasteiger partial charge in [-0.2, -0.15) is 0 Å². The van der Waals surface area contributed by atoms with Crippen molar-refractivity contribution < 1.29 is 41.8 Å². The summed E-state index contributed by atoms with van der Waals surface area (Å²) in [6, 6.07) is 5.33. The quantitative estimate of drug-likeness (QED) is 0.339. The predicted molar refractivity (Wildman–Crippen MR) is 208 cm³/mol. The minimum absolute atomic E-state index is 0.0194. The highest BCUT2D eigenvalue weighted by Crippen LogP contribution is 2.46. The standard InChI is InChI=1S/C41H53N5O9S/c1-6-25-22-41(25,38(49)45-56(51,52)27-19-20-27)44-35(47)31-21-26-23-46(31)37(48)34(40(2,3)4)43-39(50)55-32-18-12-14-24(32)13-8-7-9-16-29-33(53-5)28-15-10-11-17-30(28)42-36(29)54-26/h6-7,9-11,15,17,24-27,31-32,34H,1,8,12-14,16,18-23H2,2-5H3,(H,43,50)(H,44,47)(H,45,49)/t24-,25-,26-,31+,32-,34-,41-/m1/s1. The van der Waals surface area contributed by atoms with Gasteiger partial charge in [0.1, 0.15) is 35.6 Å². The second kappa shape index (κ2) is 15.4. The first-order valence-corrected chi connectivity index (χ1v) is 21.3. The van der Waals surface area contributed by atoms with Crippen molar-refractivity contribution in [3.05, 3.63) is 54.6 Å². The van der Waals surface area contributed by atoms with Crippen molar-refractivity contribution in [3.63, 3.8) is 0 Å². The van der Waals surface area contributed by atoms with Crippen molar-refractivity contribution in [1.29, 1.82) is 0 Å². The molecule has 14 nitrogen and oxygen atoms in total. The Morgan fingerprint density at radius 2 is 1.86 bits per heavy atom. The molecule has 7 rings (SSSR count). The number of nitrogens with zero attached hydrogens (tertiary/aromatic N) is 2. The fraction of sp³-hybridized carbons (Fsp3) is 0.585. The molecule has 3 heterocycles. The first kappa shape index (κ1) is 39.6. The molecule has 15 heteroatoms. The Morgan fingerprint density at radius 1 is 1.09 bits per heavy atom. The predicted octanol–water partition coefficient (Wildman–Crippen LogP) is 4.46. The van der Waals surface area contributed by atoms with E-state index in [4.69, 9.17) is 19.2 Å². The van der Waals surface area contributed by atoms with Crippen LogP contribution < -0.4 is 24.8 Å². The van der Waals surface area contributed by atoms with Gasteiger partial charge in [0.25, 0.3) is 5.91 Å². The van der Waals surface area contributed by atoms with Crippen molar-refractivity contribution >= 4 is 44.7 Å². The molecule has 5 aliphatic rings. The lowest BCUT2D eigenvalue weighted by Crippen LogP contribution is -2.60. The van der Waals surface area contributed by atoms with Crippen LogP contribution in [0.1, 0.15) is 84.1 Å². The Bertz CT molecular complexity index is 2040. The number of ether oxygens (including phenoxy) is 3. The molecule has 3 saturated carbocycles. The summed E-state index contributed by atoms with van der Waals surface area (Å²) >= 11 is 0. The number of amides is 4. The number of hydrogen-bond acceptors (Lipinski definition) is 10. The largest absolute Gasteiger partial charge is 0.496 e. The van der Waals surface area contributed by atoms with Gasteiger partial charge >= 0.3 is 6.09 Å². The summed E-state index contributed by atoms with van der Waals surface area (Å²) in [7, 11) is -2.31. The zero-order valence-corrected chi connectivity index (χ0v) is 33.4. The third kappa shape index (κ3) is 7.96. The molecule has 0 radical (unpaired) electrons. The number of rotatable bonds is 7. The second-order valence-corrected chi connectivity index (χ2v) is 18.9. The average Bonchev–Trinajstić information content (AvgIpc) is 4.04. The van der Waals surface area contributed by atoms with E-state index in [1.165, 1.54) is 11.0 Å². The van der Waals surface area contributed by atoms with Crippen LogP contribution in [-0.4, -0.2) is 90.9 Å². The number of nitrogens with one attached hydrogen (secondary N) is 3. The highest BCUT2D eigenvalue weighted by atomic mass is 32.2. The van der Waals surface area contributed by atoms with E-state index in [0.717, 1.165) is 43.1 Å². The maximum atomic E-state index is 14.8. The Kier molecular flexibility index (Phi) is 10.8. The first-order chi connectivity index (χ1) is 26.6. The highest BCUT2D eigenvalue weighted by Gasteiger charge is 2.62. The van der Waals surface area contributed by atoms with Crippen LogP contribution in [0.4, 0.5) is 4.79 Å². The molecule has 4 amide bonds. The van der Waals surface area contributed by atoms with Gasteiger partial charge in [-0.3, -0.25) is 19.1 Å². The molecule has 1 aromatic carbocycles.